The van der Waals surface area contributed by atoms with E-state index in [0.717, 1.165) is 12.8 Å². The first-order valence-electron chi connectivity index (χ1n) is 6.06. The average Bonchev–Trinajstić information content (AvgIpc) is 2.76. The van der Waals surface area contributed by atoms with Crippen molar-refractivity contribution < 1.29 is 0 Å². The molecule has 2 heteroatoms. The van der Waals surface area contributed by atoms with Crippen molar-refractivity contribution in [1.82, 2.24) is 0 Å². The standard InChI is InChI=1S/C13H26N2/c1-11(2,3)7-9-13(14-15-13)10-8-12(4,5)6/h7-10H2,1-6H3. The molecule has 0 spiro atoms. The molecular weight excluding hydrogens is 184 g/mol. The summed E-state index contributed by atoms with van der Waals surface area (Å²) in [6, 6.07) is 0. The van der Waals surface area contributed by atoms with Crippen LogP contribution in [0.2, 0.25) is 0 Å². The van der Waals surface area contributed by atoms with Crippen LogP contribution in [0.15, 0.2) is 10.2 Å². The lowest BCUT2D eigenvalue weighted by atomic mass is 9.83. The predicted molar refractivity (Wildman–Crippen MR) is 65.0 cm³/mol. The maximum absolute atomic E-state index is 4.26. The van der Waals surface area contributed by atoms with Gasteiger partial charge in [-0.25, -0.2) is 0 Å². The third-order valence-electron chi connectivity index (χ3n) is 2.93. The van der Waals surface area contributed by atoms with Gasteiger partial charge in [-0.1, -0.05) is 41.5 Å². The second-order valence-electron chi connectivity index (χ2n) is 7.30. The highest BCUT2D eigenvalue weighted by molar-refractivity contribution is 4.94. The Balaban J connectivity index is 2.29. The van der Waals surface area contributed by atoms with Gasteiger partial charge in [-0.15, -0.1) is 0 Å². The number of rotatable bonds is 4. The Labute approximate surface area is 94.6 Å². The van der Waals surface area contributed by atoms with E-state index < -0.39 is 0 Å². The number of hydrogen-bond donors (Lipinski definition) is 0. The molecule has 2 nitrogen and oxygen atoms in total. The van der Waals surface area contributed by atoms with E-state index in [2.05, 4.69) is 51.8 Å². The second kappa shape index (κ2) is 3.88. The van der Waals surface area contributed by atoms with Crippen LogP contribution in [0.3, 0.4) is 0 Å². The lowest BCUT2D eigenvalue weighted by Crippen LogP contribution is -2.18. The molecule has 0 aromatic rings. The third kappa shape index (κ3) is 5.29. The molecule has 0 saturated heterocycles. The van der Waals surface area contributed by atoms with Crippen molar-refractivity contribution >= 4 is 0 Å². The van der Waals surface area contributed by atoms with Crippen molar-refractivity contribution in [3.05, 3.63) is 0 Å². The first kappa shape index (κ1) is 12.7. The van der Waals surface area contributed by atoms with E-state index >= 15 is 0 Å². The van der Waals surface area contributed by atoms with Gasteiger partial charge in [-0.2, -0.15) is 10.2 Å². The summed E-state index contributed by atoms with van der Waals surface area (Å²) in [5, 5.41) is 8.53. The maximum Gasteiger partial charge on any atom is 0.191 e. The zero-order chi connectivity index (χ0) is 11.7. The quantitative estimate of drug-likeness (QED) is 0.636. The van der Waals surface area contributed by atoms with E-state index in [1.165, 1.54) is 12.8 Å². The van der Waals surface area contributed by atoms with Gasteiger partial charge in [0.05, 0.1) is 0 Å². The molecule has 0 bridgehead atoms. The van der Waals surface area contributed by atoms with Crippen LogP contribution < -0.4 is 0 Å². The van der Waals surface area contributed by atoms with E-state index in [9.17, 15) is 0 Å². The summed E-state index contributed by atoms with van der Waals surface area (Å²) in [4.78, 5) is 0. The summed E-state index contributed by atoms with van der Waals surface area (Å²) in [7, 11) is 0. The molecule has 0 amide bonds. The average molecular weight is 210 g/mol. The molecule has 0 N–H and O–H groups in total. The van der Waals surface area contributed by atoms with Gasteiger partial charge in [0.1, 0.15) is 0 Å². The van der Waals surface area contributed by atoms with Gasteiger partial charge in [0, 0.05) is 0 Å². The van der Waals surface area contributed by atoms with Crippen molar-refractivity contribution in [3.8, 4) is 0 Å². The van der Waals surface area contributed by atoms with E-state index in [0.29, 0.717) is 10.8 Å². The van der Waals surface area contributed by atoms with E-state index in [1.54, 1.807) is 0 Å². The molecular formula is C13H26N2. The minimum atomic E-state index is 0.0144. The second-order valence-corrected chi connectivity index (χ2v) is 7.30. The van der Waals surface area contributed by atoms with Crippen molar-refractivity contribution in [1.29, 1.82) is 0 Å². The van der Waals surface area contributed by atoms with Gasteiger partial charge in [0.15, 0.2) is 5.66 Å². The number of hydrogen-bond acceptors (Lipinski definition) is 2. The summed E-state index contributed by atoms with van der Waals surface area (Å²) in [6.45, 7) is 13.7. The lowest BCUT2D eigenvalue weighted by molar-refractivity contribution is 0.292. The lowest BCUT2D eigenvalue weighted by Gasteiger charge is -2.23. The van der Waals surface area contributed by atoms with Crippen LogP contribution in [0.25, 0.3) is 0 Å². The van der Waals surface area contributed by atoms with Crippen LogP contribution in [-0.4, -0.2) is 5.66 Å². The zero-order valence-corrected chi connectivity index (χ0v) is 11.2. The molecule has 1 aliphatic rings. The minimum Gasteiger partial charge on any atom is -0.159 e. The smallest absolute Gasteiger partial charge is 0.159 e. The topological polar surface area (TPSA) is 24.7 Å². The Kier molecular flexibility index (Phi) is 3.27. The van der Waals surface area contributed by atoms with E-state index in [1.807, 2.05) is 0 Å². The molecule has 0 fully saturated rings. The molecule has 0 radical (unpaired) electrons. The summed E-state index contributed by atoms with van der Waals surface area (Å²) in [5.41, 5.74) is 0.825. The molecule has 0 atom stereocenters. The van der Waals surface area contributed by atoms with Crippen LogP contribution >= 0.6 is 0 Å². The molecule has 0 saturated carbocycles. The zero-order valence-electron chi connectivity index (χ0n) is 11.2. The molecule has 0 aromatic carbocycles. The van der Waals surface area contributed by atoms with Crippen LogP contribution in [0.5, 0.6) is 0 Å². The molecule has 1 heterocycles. The largest absolute Gasteiger partial charge is 0.191 e. The van der Waals surface area contributed by atoms with E-state index in [-0.39, 0.29) is 5.66 Å². The van der Waals surface area contributed by atoms with Gasteiger partial charge in [-0.05, 0) is 36.5 Å². The summed E-state index contributed by atoms with van der Waals surface area (Å²) in [5.74, 6) is 0. The van der Waals surface area contributed by atoms with Crippen LogP contribution in [0.1, 0.15) is 67.2 Å². The van der Waals surface area contributed by atoms with Crippen molar-refractivity contribution in [3.63, 3.8) is 0 Å². The van der Waals surface area contributed by atoms with Crippen molar-refractivity contribution in [2.75, 3.05) is 0 Å². The Morgan fingerprint density at radius 3 is 1.27 bits per heavy atom. The highest BCUT2D eigenvalue weighted by Gasteiger charge is 2.40. The fourth-order valence-electron chi connectivity index (χ4n) is 1.55. The molecule has 0 aliphatic carbocycles. The van der Waals surface area contributed by atoms with Crippen molar-refractivity contribution in [2.45, 2.75) is 72.9 Å². The van der Waals surface area contributed by atoms with Crippen LogP contribution in [0, 0.1) is 10.8 Å². The first-order chi connectivity index (χ1) is 6.62. The summed E-state index contributed by atoms with van der Waals surface area (Å²) < 4.78 is 0. The number of nitrogens with zero attached hydrogens (tertiary/aromatic N) is 2. The van der Waals surface area contributed by atoms with Gasteiger partial charge >= 0.3 is 0 Å². The molecule has 88 valence electrons. The third-order valence-corrected chi connectivity index (χ3v) is 2.93. The van der Waals surface area contributed by atoms with Crippen LogP contribution in [0.4, 0.5) is 0 Å². The Morgan fingerprint density at radius 1 is 0.733 bits per heavy atom. The highest BCUT2D eigenvalue weighted by Crippen LogP contribution is 2.42. The molecule has 15 heavy (non-hydrogen) atoms. The summed E-state index contributed by atoms with van der Waals surface area (Å²) >= 11 is 0. The molecule has 0 aromatic heterocycles. The normalized spacial score (nSPS) is 19.3. The Morgan fingerprint density at radius 2 is 1.07 bits per heavy atom. The minimum absolute atomic E-state index is 0.0144. The Hall–Kier alpha value is -0.400. The van der Waals surface area contributed by atoms with Gasteiger partial charge in [0.25, 0.3) is 0 Å². The molecule has 1 aliphatic heterocycles. The first-order valence-corrected chi connectivity index (χ1v) is 6.06. The predicted octanol–water partition coefficient (Wildman–Crippen LogP) is 4.80. The SMILES string of the molecule is CC(C)(C)CCC1(CCC(C)(C)C)N=N1. The molecule has 0 unspecified atom stereocenters. The van der Waals surface area contributed by atoms with Gasteiger partial charge in [0.2, 0.25) is 0 Å². The highest BCUT2D eigenvalue weighted by atomic mass is 15.4. The van der Waals surface area contributed by atoms with E-state index in [4.69, 9.17) is 0 Å². The maximum atomic E-state index is 4.26. The summed E-state index contributed by atoms with van der Waals surface area (Å²) in [6.07, 6.45) is 4.69. The monoisotopic (exact) mass is 210 g/mol. The fourth-order valence-corrected chi connectivity index (χ4v) is 1.55. The molecule has 1 rings (SSSR count). The fraction of sp³-hybridized carbons (Fsp3) is 1.00. The van der Waals surface area contributed by atoms with Crippen LogP contribution in [-0.2, 0) is 0 Å². The van der Waals surface area contributed by atoms with Gasteiger partial charge < -0.3 is 0 Å². The van der Waals surface area contributed by atoms with Crippen molar-refractivity contribution in [2.24, 2.45) is 21.1 Å². The Bertz CT molecular complexity index is 214. The van der Waals surface area contributed by atoms with Gasteiger partial charge in [-0.3, -0.25) is 0 Å².